The summed E-state index contributed by atoms with van der Waals surface area (Å²) in [6, 6.07) is 5.17. The minimum absolute atomic E-state index is 0.0184. The van der Waals surface area contributed by atoms with E-state index in [4.69, 9.17) is 5.11 Å². The van der Waals surface area contributed by atoms with Crippen LogP contribution in [0, 0.1) is 0 Å². The summed E-state index contributed by atoms with van der Waals surface area (Å²) in [6.07, 6.45) is -0.225. The molecular weight excluding hydrogens is 290 g/mol. The van der Waals surface area contributed by atoms with Crippen molar-refractivity contribution in [3.63, 3.8) is 0 Å². The van der Waals surface area contributed by atoms with Gasteiger partial charge in [-0.05, 0) is 26.0 Å². The van der Waals surface area contributed by atoms with Crippen LogP contribution in [0.25, 0.3) is 0 Å². The van der Waals surface area contributed by atoms with Crippen molar-refractivity contribution in [1.82, 2.24) is 0 Å². The Bertz CT molecular complexity index is 624. The Labute approximate surface area is 127 Å². The summed E-state index contributed by atoms with van der Waals surface area (Å²) in [6.45, 7) is 3.73. The van der Waals surface area contributed by atoms with E-state index in [9.17, 15) is 14.4 Å². The second-order valence-corrected chi connectivity index (χ2v) is 7.14. The Morgan fingerprint density at radius 3 is 2.57 bits per heavy atom. The van der Waals surface area contributed by atoms with Gasteiger partial charge in [-0.25, -0.2) is 0 Å². The first-order valence-corrected chi connectivity index (χ1v) is 7.40. The molecule has 112 valence electrons. The minimum atomic E-state index is -0.995. The number of aliphatic carboxylic acids is 1. The van der Waals surface area contributed by atoms with Crippen LogP contribution in [-0.4, -0.2) is 34.6 Å². The Kier molecular flexibility index (Phi) is 4.09. The maximum Gasteiger partial charge on any atom is 0.303 e. The van der Waals surface area contributed by atoms with Crippen molar-refractivity contribution < 1.29 is 19.5 Å². The van der Waals surface area contributed by atoms with Crippen LogP contribution in [0.5, 0.6) is 0 Å². The van der Waals surface area contributed by atoms with E-state index < -0.39 is 10.7 Å². The number of thioether (sulfide) groups is 1. The SMILES string of the molecule is CN1C(=O)C(C)(C)Sc2ccc(C(=O)CCC(=O)O)cc21. The highest BCUT2D eigenvalue weighted by atomic mass is 32.2. The fourth-order valence-electron chi connectivity index (χ4n) is 2.24. The lowest BCUT2D eigenvalue weighted by Crippen LogP contribution is -2.44. The van der Waals surface area contributed by atoms with Crippen molar-refractivity contribution in [2.45, 2.75) is 36.3 Å². The minimum Gasteiger partial charge on any atom is -0.481 e. The number of hydrogen-bond acceptors (Lipinski definition) is 4. The van der Waals surface area contributed by atoms with Gasteiger partial charge in [-0.2, -0.15) is 0 Å². The first-order chi connectivity index (χ1) is 9.72. The zero-order valence-electron chi connectivity index (χ0n) is 12.2. The van der Waals surface area contributed by atoms with E-state index >= 15 is 0 Å². The summed E-state index contributed by atoms with van der Waals surface area (Å²) < 4.78 is -0.531. The van der Waals surface area contributed by atoms with Gasteiger partial charge in [-0.1, -0.05) is 6.07 Å². The smallest absolute Gasteiger partial charge is 0.303 e. The van der Waals surface area contributed by atoms with Crippen LogP contribution in [0.15, 0.2) is 23.1 Å². The molecule has 0 aromatic heterocycles. The zero-order valence-corrected chi connectivity index (χ0v) is 13.0. The van der Waals surface area contributed by atoms with Crippen LogP contribution in [0.4, 0.5) is 5.69 Å². The molecule has 0 saturated heterocycles. The fourth-order valence-corrected chi connectivity index (χ4v) is 3.45. The van der Waals surface area contributed by atoms with Gasteiger partial charge in [0.25, 0.3) is 0 Å². The molecule has 2 rings (SSSR count). The molecule has 6 heteroatoms. The molecule has 0 fully saturated rings. The van der Waals surface area contributed by atoms with Crippen molar-refractivity contribution in [2.24, 2.45) is 0 Å². The van der Waals surface area contributed by atoms with Crippen molar-refractivity contribution in [3.8, 4) is 0 Å². The number of nitrogens with zero attached hydrogens (tertiary/aromatic N) is 1. The third-order valence-electron chi connectivity index (χ3n) is 3.39. The lowest BCUT2D eigenvalue weighted by atomic mass is 10.0. The first-order valence-electron chi connectivity index (χ1n) is 6.58. The van der Waals surface area contributed by atoms with Crippen LogP contribution >= 0.6 is 11.8 Å². The number of carboxylic acid groups (broad SMARTS) is 1. The van der Waals surface area contributed by atoms with Crippen molar-refractivity contribution in [3.05, 3.63) is 23.8 Å². The lowest BCUT2D eigenvalue weighted by Gasteiger charge is -2.35. The topological polar surface area (TPSA) is 74.7 Å². The Morgan fingerprint density at radius 1 is 1.29 bits per heavy atom. The predicted molar refractivity (Wildman–Crippen MR) is 81.0 cm³/mol. The molecule has 21 heavy (non-hydrogen) atoms. The molecule has 0 spiro atoms. The Hall–Kier alpha value is -1.82. The molecule has 1 amide bonds. The molecule has 0 unspecified atom stereocenters. The third kappa shape index (κ3) is 3.10. The number of carbonyl (C=O) groups is 3. The number of benzene rings is 1. The van der Waals surface area contributed by atoms with E-state index in [-0.39, 0.29) is 24.5 Å². The molecular formula is C15H17NO4S. The van der Waals surface area contributed by atoms with Gasteiger partial charge >= 0.3 is 5.97 Å². The molecule has 5 nitrogen and oxygen atoms in total. The average molecular weight is 307 g/mol. The van der Waals surface area contributed by atoms with Crippen LogP contribution < -0.4 is 4.90 Å². The summed E-state index contributed by atoms with van der Waals surface area (Å²) in [7, 11) is 1.69. The molecule has 0 radical (unpaired) electrons. The van der Waals surface area contributed by atoms with Gasteiger partial charge in [-0.3, -0.25) is 14.4 Å². The Balaban J connectivity index is 2.30. The molecule has 1 heterocycles. The van der Waals surface area contributed by atoms with Crippen molar-refractivity contribution in [1.29, 1.82) is 0 Å². The zero-order chi connectivity index (χ0) is 15.8. The monoisotopic (exact) mass is 307 g/mol. The summed E-state index contributed by atoms with van der Waals surface area (Å²) >= 11 is 1.47. The molecule has 0 saturated carbocycles. The second kappa shape index (κ2) is 5.52. The number of hydrogen-bond donors (Lipinski definition) is 1. The number of fused-ring (bicyclic) bond motifs is 1. The van der Waals surface area contributed by atoms with Gasteiger partial charge in [0.1, 0.15) is 0 Å². The standard InChI is InChI=1S/C15H17NO4S/c1-15(2)14(20)16(3)10-8-9(4-6-12(10)21-15)11(17)5-7-13(18)19/h4,6,8H,5,7H2,1-3H3,(H,18,19). The van der Waals surface area contributed by atoms with Gasteiger partial charge < -0.3 is 10.0 Å². The number of carboxylic acids is 1. The molecule has 1 N–H and O–H groups in total. The molecule has 1 aliphatic heterocycles. The number of Topliss-reactive ketones (excluding diaryl/α,β-unsaturated/α-hetero) is 1. The number of rotatable bonds is 4. The van der Waals surface area contributed by atoms with Crippen molar-refractivity contribution in [2.75, 3.05) is 11.9 Å². The molecule has 0 atom stereocenters. The average Bonchev–Trinajstić information content (AvgIpc) is 2.42. The molecule has 0 aliphatic carbocycles. The number of carbonyl (C=O) groups excluding carboxylic acids is 2. The summed E-state index contributed by atoms with van der Waals surface area (Å²) in [5.41, 5.74) is 1.14. The highest BCUT2D eigenvalue weighted by Crippen LogP contribution is 2.44. The van der Waals surface area contributed by atoms with Crippen LogP contribution in [0.3, 0.4) is 0 Å². The molecule has 1 aromatic carbocycles. The molecule has 1 aliphatic rings. The first kappa shape index (κ1) is 15.6. The third-order valence-corrected chi connectivity index (χ3v) is 4.64. The van der Waals surface area contributed by atoms with E-state index in [1.165, 1.54) is 11.8 Å². The van der Waals surface area contributed by atoms with Gasteiger partial charge in [0.15, 0.2) is 5.78 Å². The maximum absolute atomic E-state index is 12.2. The quantitative estimate of drug-likeness (QED) is 0.865. The van der Waals surface area contributed by atoms with Gasteiger partial charge in [-0.15, -0.1) is 11.8 Å². The van der Waals surface area contributed by atoms with Gasteiger partial charge in [0.05, 0.1) is 16.9 Å². The number of ketones is 1. The lowest BCUT2D eigenvalue weighted by molar-refractivity contribution is -0.137. The maximum atomic E-state index is 12.2. The highest BCUT2D eigenvalue weighted by molar-refractivity contribution is 8.01. The molecule has 1 aromatic rings. The fraction of sp³-hybridized carbons (Fsp3) is 0.400. The van der Waals surface area contributed by atoms with Crippen LogP contribution in [0.1, 0.15) is 37.0 Å². The number of anilines is 1. The van der Waals surface area contributed by atoms with E-state index in [2.05, 4.69) is 0 Å². The summed E-state index contributed by atoms with van der Waals surface area (Å²) in [5, 5.41) is 8.63. The van der Waals surface area contributed by atoms with Gasteiger partial charge in [0, 0.05) is 23.9 Å². The normalized spacial score (nSPS) is 16.5. The predicted octanol–water partition coefficient (Wildman–Crippen LogP) is 2.58. The Morgan fingerprint density at radius 2 is 1.95 bits per heavy atom. The van der Waals surface area contributed by atoms with E-state index in [0.717, 1.165) is 4.90 Å². The van der Waals surface area contributed by atoms with E-state index in [1.807, 2.05) is 19.9 Å². The van der Waals surface area contributed by atoms with Crippen molar-refractivity contribution >= 4 is 35.1 Å². The van der Waals surface area contributed by atoms with Crippen LogP contribution in [-0.2, 0) is 9.59 Å². The summed E-state index contributed by atoms with van der Waals surface area (Å²) in [4.78, 5) is 37.2. The van der Waals surface area contributed by atoms with Crippen LogP contribution in [0.2, 0.25) is 0 Å². The number of amides is 1. The highest BCUT2D eigenvalue weighted by Gasteiger charge is 2.38. The summed E-state index contributed by atoms with van der Waals surface area (Å²) in [5.74, 6) is -1.24. The molecule has 0 bridgehead atoms. The second-order valence-electron chi connectivity index (χ2n) is 5.48. The van der Waals surface area contributed by atoms with Gasteiger partial charge in [0.2, 0.25) is 5.91 Å². The largest absolute Gasteiger partial charge is 0.481 e. The van der Waals surface area contributed by atoms with E-state index in [1.54, 1.807) is 24.1 Å². The van der Waals surface area contributed by atoms with E-state index in [0.29, 0.717) is 11.3 Å².